The molecule has 0 spiro atoms. The molecular formula is C15H23ClN2O3. The number of amides is 1. The van der Waals surface area contributed by atoms with Crippen molar-refractivity contribution in [1.29, 1.82) is 0 Å². The molecule has 0 saturated carbocycles. The fraction of sp³-hybridized carbons (Fsp3) is 0.533. The van der Waals surface area contributed by atoms with Crippen LogP contribution >= 0.6 is 12.4 Å². The normalized spacial score (nSPS) is 21.2. The van der Waals surface area contributed by atoms with Crippen molar-refractivity contribution in [3.63, 3.8) is 0 Å². The summed E-state index contributed by atoms with van der Waals surface area (Å²) in [5, 5.41) is 6.11. The molecule has 0 radical (unpaired) electrons. The van der Waals surface area contributed by atoms with Gasteiger partial charge in [-0.05, 0) is 31.5 Å². The molecule has 2 rings (SSSR count). The Morgan fingerprint density at radius 2 is 2.33 bits per heavy atom. The molecule has 1 amide bonds. The van der Waals surface area contributed by atoms with Crippen molar-refractivity contribution in [2.45, 2.75) is 32.5 Å². The van der Waals surface area contributed by atoms with Crippen LogP contribution in [0.3, 0.4) is 0 Å². The second-order valence-corrected chi connectivity index (χ2v) is 4.81. The lowest BCUT2D eigenvalue weighted by Gasteiger charge is -2.29. The first-order valence-corrected chi connectivity index (χ1v) is 7.05. The third kappa shape index (κ3) is 5.19. The average molecular weight is 315 g/mol. The number of nitrogens with one attached hydrogen (secondary N) is 2. The monoisotopic (exact) mass is 314 g/mol. The Labute approximate surface area is 131 Å². The van der Waals surface area contributed by atoms with E-state index in [2.05, 4.69) is 10.6 Å². The van der Waals surface area contributed by atoms with Crippen molar-refractivity contribution in [3.05, 3.63) is 29.8 Å². The summed E-state index contributed by atoms with van der Waals surface area (Å²) in [4.78, 5) is 12.1. The summed E-state index contributed by atoms with van der Waals surface area (Å²) in [6, 6.07) is 7.47. The van der Waals surface area contributed by atoms with Gasteiger partial charge < -0.3 is 20.1 Å². The standard InChI is InChI=1S/C15H22N2O3.ClH/c1-3-19-13-6-4-5-12(9-13)10-17-15(18)14-11(2)20-8-7-16-14;/h4-6,9,11,14,16H,3,7-8,10H2,1-2H3,(H,17,18);1H/t11-,14+;/m1./s1. The number of carbonyl (C=O) groups excluding carboxylic acids is 1. The molecule has 0 unspecified atom stereocenters. The highest BCUT2D eigenvalue weighted by Crippen LogP contribution is 2.13. The third-order valence-corrected chi connectivity index (χ3v) is 3.28. The molecule has 1 aromatic carbocycles. The molecule has 1 aliphatic heterocycles. The first-order valence-electron chi connectivity index (χ1n) is 7.05. The van der Waals surface area contributed by atoms with E-state index >= 15 is 0 Å². The highest BCUT2D eigenvalue weighted by Gasteiger charge is 2.27. The smallest absolute Gasteiger partial charge is 0.240 e. The lowest BCUT2D eigenvalue weighted by atomic mass is 10.1. The fourth-order valence-electron chi connectivity index (χ4n) is 2.24. The summed E-state index contributed by atoms with van der Waals surface area (Å²) in [6.45, 7) is 6.35. The summed E-state index contributed by atoms with van der Waals surface area (Å²) < 4.78 is 10.9. The number of morpholine rings is 1. The molecule has 1 heterocycles. The van der Waals surface area contributed by atoms with Gasteiger partial charge in [-0.1, -0.05) is 12.1 Å². The van der Waals surface area contributed by atoms with Crippen LogP contribution in [0.2, 0.25) is 0 Å². The largest absolute Gasteiger partial charge is 0.494 e. The van der Waals surface area contributed by atoms with Crippen molar-refractivity contribution < 1.29 is 14.3 Å². The van der Waals surface area contributed by atoms with Gasteiger partial charge in [0.1, 0.15) is 11.8 Å². The topological polar surface area (TPSA) is 59.6 Å². The summed E-state index contributed by atoms with van der Waals surface area (Å²) in [7, 11) is 0. The van der Waals surface area contributed by atoms with Gasteiger partial charge in [0.15, 0.2) is 0 Å². The molecule has 1 fully saturated rings. The van der Waals surface area contributed by atoms with Crippen molar-refractivity contribution in [2.24, 2.45) is 0 Å². The minimum Gasteiger partial charge on any atom is -0.494 e. The van der Waals surface area contributed by atoms with Gasteiger partial charge in [-0.3, -0.25) is 4.79 Å². The number of benzene rings is 1. The number of rotatable bonds is 5. The van der Waals surface area contributed by atoms with E-state index in [1.54, 1.807) is 0 Å². The van der Waals surface area contributed by atoms with E-state index in [-0.39, 0.29) is 30.5 Å². The van der Waals surface area contributed by atoms with Crippen LogP contribution in [0.15, 0.2) is 24.3 Å². The van der Waals surface area contributed by atoms with E-state index in [9.17, 15) is 4.79 Å². The van der Waals surface area contributed by atoms with Crippen LogP contribution in [-0.2, 0) is 16.1 Å². The quantitative estimate of drug-likeness (QED) is 0.865. The van der Waals surface area contributed by atoms with Crippen LogP contribution in [0.4, 0.5) is 0 Å². The van der Waals surface area contributed by atoms with Gasteiger partial charge in [0.25, 0.3) is 0 Å². The number of halogens is 1. The predicted molar refractivity (Wildman–Crippen MR) is 83.9 cm³/mol. The average Bonchev–Trinajstić information content (AvgIpc) is 2.46. The Morgan fingerprint density at radius 1 is 1.52 bits per heavy atom. The summed E-state index contributed by atoms with van der Waals surface area (Å²) in [5.41, 5.74) is 1.02. The maximum Gasteiger partial charge on any atom is 0.240 e. The van der Waals surface area contributed by atoms with E-state index in [1.165, 1.54) is 0 Å². The van der Waals surface area contributed by atoms with E-state index in [0.29, 0.717) is 26.3 Å². The summed E-state index contributed by atoms with van der Waals surface area (Å²) >= 11 is 0. The summed E-state index contributed by atoms with van der Waals surface area (Å²) in [5.74, 6) is 0.797. The molecule has 1 saturated heterocycles. The van der Waals surface area contributed by atoms with Crippen LogP contribution in [0.5, 0.6) is 5.75 Å². The van der Waals surface area contributed by atoms with Crippen LogP contribution < -0.4 is 15.4 Å². The first-order chi connectivity index (χ1) is 9.70. The molecule has 5 nitrogen and oxygen atoms in total. The minimum atomic E-state index is -0.279. The molecule has 21 heavy (non-hydrogen) atoms. The molecule has 2 atom stereocenters. The van der Waals surface area contributed by atoms with Gasteiger partial charge in [0, 0.05) is 13.1 Å². The molecule has 0 bridgehead atoms. The molecule has 0 aliphatic carbocycles. The van der Waals surface area contributed by atoms with Gasteiger partial charge in [-0.25, -0.2) is 0 Å². The van der Waals surface area contributed by atoms with Gasteiger partial charge >= 0.3 is 0 Å². The second kappa shape index (κ2) is 8.87. The number of ether oxygens (including phenoxy) is 2. The predicted octanol–water partition coefficient (Wildman–Crippen LogP) is 1.50. The summed E-state index contributed by atoms with van der Waals surface area (Å²) in [6.07, 6.45) is -0.0986. The maximum atomic E-state index is 12.1. The highest BCUT2D eigenvalue weighted by atomic mass is 35.5. The fourth-order valence-corrected chi connectivity index (χ4v) is 2.24. The Hall–Kier alpha value is -1.30. The third-order valence-electron chi connectivity index (χ3n) is 3.28. The number of hydrogen-bond donors (Lipinski definition) is 2. The van der Waals surface area contributed by atoms with Crippen LogP contribution in [-0.4, -0.2) is 37.8 Å². The first kappa shape index (κ1) is 17.8. The Balaban J connectivity index is 0.00000220. The maximum absolute atomic E-state index is 12.1. The van der Waals surface area contributed by atoms with Crippen LogP contribution in [0.1, 0.15) is 19.4 Å². The zero-order valence-corrected chi connectivity index (χ0v) is 13.2. The van der Waals surface area contributed by atoms with Crippen molar-refractivity contribution in [3.8, 4) is 5.75 Å². The van der Waals surface area contributed by atoms with E-state index < -0.39 is 0 Å². The van der Waals surface area contributed by atoms with Crippen molar-refractivity contribution >= 4 is 18.3 Å². The van der Waals surface area contributed by atoms with Crippen LogP contribution in [0, 0.1) is 0 Å². The van der Waals surface area contributed by atoms with Crippen LogP contribution in [0.25, 0.3) is 0 Å². The van der Waals surface area contributed by atoms with E-state index in [4.69, 9.17) is 9.47 Å². The molecule has 6 heteroatoms. The molecule has 0 aromatic heterocycles. The lowest BCUT2D eigenvalue weighted by molar-refractivity contribution is -0.129. The number of carbonyl (C=O) groups is 1. The second-order valence-electron chi connectivity index (χ2n) is 4.81. The molecule has 1 aliphatic rings. The molecular weight excluding hydrogens is 292 g/mol. The zero-order chi connectivity index (χ0) is 14.4. The van der Waals surface area contributed by atoms with Crippen molar-refractivity contribution in [1.82, 2.24) is 10.6 Å². The minimum absolute atomic E-state index is 0. The molecule has 2 N–H and O–H groups in total. The zero-order valence-electron chi connectivity index (χ0n) is 12.4. The van der Waals surface area contributed by atoms with Crippen molar-refractivity contribution in [2.75, 3.05) is 19.8 Å². The van der Waals surface area contributed by atoms with Gasteiger partial charge in [-0.2, -0.15) is 0 Å². The van der Waals surface area contributed by atoms with E-state index in [1.807, 2.05) is 38.1 Å². The number of hydrogen-bond acceptors (Lipinski definition) is 4. The Morgan fingerprint density at radius 3 is 3.05 bits per heavy atom. The van der Waals surface area contributed by atoms with Gasteiger partial charge in [-0.15, -0.1) is 12.4 Å². The Kier molecular flexibility index (Phi) is 7.50. The highest BCUT2D eigenvalue weighted by molar-refractivity contribution is 5.85. The lowest BCUT2D eigenvalue weighted by Crippen LogP contribution is -2.55. The van der Waals surface area contributed by atoms with E-state index in [0.717, 1.165) is 11.3 Å². The SMILES string of the molecule is CCOc1cccc(CNC(=O)[C@H]2NCCO[C@@H]2C)c1.Cl. The van der Waals surface area contributed by atoms with Gasteiger partial charge in [0.2, 0.25) is 5.91 Å². The van der Waals surface area contributed by atoms with Gasteiger partial charge in [0.05, 0.1) is 19.3 Å². The molecule has 118 valence electrons. The molecule has 1 aromatic rings. The Bertz CT molecular complexity index is 456.